The van der Waals surface area contributed by atoms with Crippen LogP contribution in [-0.4, -0.2) is 31.0 Å². The Bertz CT molecular complexity index is 325. The first-order valence-corrected chi connectivity index (χ1v) is 5.42. The Labute approximate surface area is 90.5 Å². The maximum Gasteiger partial charge on any atom is 0.511 e. The summed E-state index contributed by atoms with van der Waals surface area (Å²) in [5, 5.41) is 11.9. The van der Waals surface area contributed by atoms with Crippen LogP contribution in [0.4, 0.5) is 13.2 Å². The predicted octanol–water partition coefficient (Wildman–Crippen LogP) is -0.151. The van der Waals surface area contributed by atoms with E-state index in [1.807, 2.05) is 0 Å². The van der Waals surface area contributed by atoms with E-state index in [9.17, 15) is 26.4 Å². The van der Waals surface area contributed by atoms with Gasteiger partial charge in [-0.05, 0) is 5.92 Å². The molecule has 98 valence electrons. The number of carboxylic acid groups (broad SMARTS) is 1. The quantitative estimate of drug-likeness (QED) is 0.641. The topological polar surface area (TPSA) is 123 Å². The second-order valence-corrected chi connectivity index (χ2v) is 4.65. The molecule has 0 radical (unpaired) electrons. The molecule has 0 amide bonds. The van der Waals surface area contributed by atoms with Crippen LogP contribution < -0.4 is 10.9 Å². The molecule has 16 heavy (non-hydrogen) atoms. The Morgan fingerprint density at radius 3 is 1.56 bits per heavy atom. The van der Waals surface area contributed by atoms with E-state index in [2.05, 4.69) is 5.14 Å². The molecule has 0 saturated heterocycles. The van der Waals surface area contributed by atoms with Crippen molar-refractivity contribution in [3.8, 4) is 0 Å². The maximum atomic E-state index is 10.8. The van der Waals surface area contributed by atoms with E-state index in [1.54, 1.807) is 13.8 Å². The van der Waals surface area contributed by atoms with E-state index in [0.29, 0.717) is 0 Å². The zero-order valence-corrected chi connectivity index (χ0v) is 9.34. The fourth-order valence-electron chi connectivity index (χ4n) is 0.285. The minimum atomic E-state index is -5.34. The molecule has 0 fully saturated rings. The van der Waals surface area contributed by atoms with Gasteiger partial charge in [0, 0.05) is 0 Å². The maximum absolute atomic E-state index is 10.8. The summed E-state index contributed by atoms with van der Waals surface area (Å²) >= 11 is 0. The van der Waals surface area contributed by atoms with E-state index in [-0.39, 0.29) is 5.92 Å². The molecule has 0 unspecified atom stereocenters. The third-order valence-corrected chi connectivity index (χ3v) is 1.97. The van der Waals surface area contributed by atoms with Crippen molar-refractivity contribution >= 4 is 16.0 Å². The van der Waals surface area contributed by atoms with E-state index in [0.717, 1.165) is 0 Å². The monoisotopic (exact) mass is 266 g/mol. The summed E-state index contributed by atoms with van der Waals surface area (Å²) in [4.78, 5) is 10.0. The standard InChI is InChI=1S/C5H11NO2.CH2F3NO2S/c1-3(2)4(6)5(7)8;2-1(3,4)8(5,6)7/h3-4H,6H2,1-2H3,(H,7,8);(H2,5,6,7)/t4-;/m0./s1. The Morgan fingerprint density at radius 1 is 1.31 bits per heavy atom. The molecule has 0 aliphatic heterocycles. The van der Waals surface area contributed by atoms with Crippen LogP contribution in [0.2, 0.25) is 0 Å². The molecule has 0 rings (SSSR count). The summed E-state index contributed by atoms with van der Waals surface area (Å²) in [5.41, 5.74) is -0.153. The highest BCUT2D eigenvalue weighted by atomic mass is 32.2. The molecule has 0 spiro atoms. The molecule has 10 heteroatoms. The van der Waals surface area contributed by atoms with Gasteiger partial charge in [-0.15, -0.1) is 0 Å². The number of primary sulfonamides is 1. The van der Waals surface area contributed by atoms with Crippen molar-refractivity contribution in [1.82, 2.24) is 0 Å². The van der Waals surface area contributed by atoms with Crippen LogP contribution in [-0.2, 0) is 14.8 Å². The smallest absolute Gasteiger partial charge is 0.480 e. The molecule has 5 N–H and O–H groups in total. The fraction of sp³-hybridized carbons (Fsp3) is 0.833. The normalized spacial score (nSPS) is 14.0. The van der Waals surface area contributed by atoms with Gasteiger partial charge in [-0.2, -0.15) is 13.2 Å². The number of sulfonamides is 1. The molecule has 0 aromatic rings. The Balaban J connectivity index is 0. The summed E-state index contributed by atoms with van der Waals surface area (Å²) in [6.45, 7) is 3.55. The lowest BCUT2D eigenvalue weighted by molar-refractivity contribution is -0.139. The second kappa shape index (κ2) is 6.01. The minimum absolute atomic E-state index is 0.0208. The van der Waals surface area contributed by atoms with Gasteiger partial charge < -0.3 is 10.8 Å². The van der Waals surface area contributed by atoms with Gasteiger partial charge in [0.15, 0.2) is 0 Å². The Hall–Kier alpha value is -0.870. The lowest BCUT2D eigenvalue weighted by Crippen LogP contribution is -2.34. The average Bonchev–Trinajstić information content (AvgIpc) is 1.99. The number of carboxylic acids is 1. The van der Waals surface area contributed by atoms with Gasteiger partial charge in [-0.25, -0.2) is 13.6 Å². The van der Waals surface area contributed by atoms with E-state index < -0.39 is 27.5 Å². The molecular weight excluding hydrogens is 253 g/mol. The molecule has 0 bridgehead atoms. The van der Waals surface area contributed by atoms with Gasteiger partial charge in [0.1, 0.15) is 6.04 Å². The molecule has 0 heterocycles. The number of carbonyl (C=O) groups is 1. The van der Waals surface area contributed by atoms with Gasteiger partial charge >= 0.3 is 21.5 Å². The summed E-state index contributed by atoms with van der Waals surface area (Å²) in [7, 11) is -5.34. The lowest BCUT2D eigenvalue weighted by atomic mass is 10.1. The third kappa shape index (κ3) is 7.43. The molecule has 0 saturated carbocycles. The van der Waals surface area contributed by atoms with Crippen LogP contribution in [0, 0.1) is 5.92 Å². The molecular formula is C6H13F3N2O4S. The zero-order valence-electron chi connectivity index (χ0n) is 8.52. The van der Waals surface area contributed by atoms with E-state index in [4.69, 9.17) is 10.8 Å². The first kappa shape index (κ1) is 17.5. The van der Waals surface area contributed by atoms with Crippen LogP contribution in [0.3, 0.4) is 0 Å². The second-order valence-electron chi connectivity index (χ2n) is 3.10. The van der Waals surface area contributed by atoms with Gasteiger partial charge in [-0.1, -0.05) is 13.8 Å². The van der Waals surface area contributed by atoms with Crippen molar-refractivity contribution in [1.29, 1.82) is 0 Å². The molecule has 0 aromatic heterocycles. The van der Waals surface area contributed by atoms with E-state index >= 15 is 0 Å². The number of rotatable bonds is 2. The van der Waals surface area contributed by atoms with Gasteiger partial charge in [0.2, 0.25) is 0 Å². The molecule has 0 aliphatic carbocycles. The highest BCUT2D eigenvalue weighted by Crippen LogP contribution is 2.18. The number of aliphatic carboxylic acids is 1. The number of nitrogens with two attached hydrogens (primary N) is 2. The van der Waals surface area contributed by atoms with Crippen LogP contribution in [0.25, 0.3) is 0 Å². The molecule has 0 aliphatic rings. The van der Waals surface area contributed by atoms with E-state index in [1.165, 1.54) is 0 Å². The van der Waals surface area contributed by atoms with Gasteiger partial charge in [0.05, 0.1) is 0 Å². The summed E-state index contributed by atoms with van der Waals surface area (Å²) in [6, 6.07) is -0.713. The first-order chi connectivity index (χ1) is 6.80. The number of alkyl halides is 3. The summed E-state index contributed by atoms with van der Waals surface area (Å²) in [6.07, 6.45) is 0. The minimum Gasteiger partial charge on any atom is -0.480 e. The predicted molar refractivity (Wildman–Crippen MR) is 49.6 cm³/mol. The summed E-state index contributed by atoms with van der Waals surface area (Å²) in [5.74, 6) is -0.910. The third-order valence-electron chi connectivity index (χ3n) is 1.33. The SMILES string of the molecule is CC(C)[C@H](N)C(=O)O.NS(=O)(=O)C(F)(F)F. The van der Waals surface area contributed by atoms with Crippen molar-refractivity contribution in [2.24, 2.45) is 16.8 Å². The van der Waals surface area contributed by atoms with Crippen LogP contribution >= 0.6 is 0 Å². The average molecular weight is 266 g/mol. The van der Waals surface area contributed by atoms with Crippen molar-refractivity contribution in [3.63, 3.8) is 0 Å². The van der Waals surface area contributed by atoms with Crippen molar-refractivity contribution < 1.29 is 31.5 Å². The highest BCUT2D eigenvalue weighted by Gasteiger charge is 2.42. The first-order valence-electron chi connectivity index (χ1n) is 3.88. The lowest BCUT2D eigenvalue weighted by Gasteiger charge is -2.07. The molecule has 0 aromatic carbocycles. The largest absolute Gasteiger partial charge is 0.511 e. The molecule has 1 atom stereocenters. The van der Waals surface area contributed by atoms with Crippen LogP contribution in [0.5, 0.6) is 0 Å². The van der Waals surface area contributed by atoms with Gasteiger partial charge in [-0.3, -0.25) is 4.79 Å². The molecule has 6 nitrogen and oxygen atoms in total. The fourth-order valence-corrected chi connectivity index (χ4v) is 0.285. The van der Waals surface area contributed by atoms with Crippen LogP contribution in [0.1, 0.15) is 13.8 Å². The van der Waals surface area contributed by atoms with Gasteiger partial charge in [0.25, 0.3) is 0 Å². The van der Waals surface area contributed by atoms with Crippen molar-refractivity contribution in [2.45, 2.75) is 25.4 Å². The summed E-state index contributed by atoms with van der Waals surface area (Å²) < 4.78 is 51.2. The van der Waals surface area contributed by atoms with Crippen molar-refractivity contribution in [2.75, 3.05) is 0 Å². The number of hydrogen-bond donors (Lipinski definition) is 3. The number of halogens is 3. The number of hydrogen-bond acceptors (Lipinski definition) is 4. The highest BCUT2D eigenvalue weighted by molar-refractivity contribution is 7.90. The Kier molecular flexibility index (Phi) is 6.58. The Morgan fingerprint density at radius 2 is 1.56 bits per heavy atom. The zero-order chi connectivity index (χ0) is 13.7. The van der Waals surface area contributed by atoms with Crippen LogP contribution in [0.15, 0.2) is 0 Å². The van der Waals surface area contributed by atoms with Crippen molar-refractivity contribution in [3.05, 3.63) is 0 Å².